The van der Waals surface area contributed by atoms with Gasteiger partial charge in [-0.3, -0.25) is 9.59 Å². The van der Waals surface area contributed by atoms with Gasteiger partial charge in [-0.25, -0.2) is 4.98 Å². The standard InChI is InChI=1S/C26H23N5O5/c1-35-17-8-10-20-15(11-17)12-21(36-20)24(33)31-22(14-5-3-2-4-6-14)23(32)25(34)28-16-7-9-18-19(13-16)30-26(27)29-18/h2-13,22-23,32H,1H3,(H,28,34)(H,31,33)(H3,27,29,30). The fourth-order valence-corrected chi connectivity index (χ4v) is 3.95. The van der Waals surface area contributed by atoms with Crippen molar-refractivity contribution in [2.24, 2.45) is 0 Å². The van der Waals surface area contributed by atoms with Crippen LogP contribution in [0.1, 0.15) is 22.2 Å². The zero-order valence-corrected chi connectivity index (χ0v) is 19.2. The van der Waals surface area contributed by atoms with Gasteiger partial charge < -0.3 is 35.6 Å². The van der Waals surface area contributed by atoms with Gasteiger partial charge in [0.05, 0.1) is 24.2 Å². The Balaban J connectivity index is 1.38. The number of nitrogens with two attached hydrogens (primary N) is 1. The number of nitrogens with one attached hydrogen (secondary N) is 3. The van der Waals surface area contributed by atoms with Gasteiger partial charge in [0.25, 0.3) is 11.8 Å². The van der Waals surface area contributed by atoms with E-state index in [1.54, 1.807) is 79.9 Å². The highest BCUT2D eigenvalue weighted by Crippen LogP contribution is 2.26. The molecule has 2 heterocycles. The predicted molar refractivity (Wildman–Crippen MR) is 135 cm³/mol. The van der Waals surface area contributed by atoms with Crippen LogP contribution in [0, 0.1) is 0 Å². The Hall–Kier alpha value is -4.83. The number of hydrogen-bond acceptors (Lipinski definition) is 7. The van der Waals surface area contributed by atoms with Gasteiger partial charge in [-0.1, -0.05) is 30.3 Å². The molecule has 5 aromatic rings. The first-order valence-corrected chi connectivity index (χ1v) is 11.1. The van der Waals surface area contributed by atoms with Gasteiger partial charge in [0.15, 0.2) is 17.8 Å². The number of aromatic nitrogens is 2. The summed E-state index contributed by atoms with van der Waals surface area (Å²) in [7, 11) is 1.55. The van der Waals surface area contributed by atoms with Gasteiger partial charge in [0.1, 0.15) is 11.3 Å². The van der Waals surface area contributed by atoms with E-state index in [-0.39, 0.29) is 11.7 Å². The molecule has 0 spiro atoms. The third-order valence-corrected chi connectivity index (χ3v) is 5.74. The van der Waals surface area contributed by atoms with Crippen molar-refractivity contribution in [1.82, 2.24) is 15.3 Å². The van der Waals surface area contributed by atoms with E-state index in [0.29, 0.717) is 39.0 Å². The second kappa shape index (κ2) is 9.43. The number of carbonyl (C=O) groups is 2. The smallest absolute Gasteiger partial charge is 0.287 e. The number of aliphatic hydroxyl groups excluding tert-OH is 1. The maximum Gasteiger partial charge on any atom is 0.287 e. The number of imidazole rings is 1. The molecule has 5 rings (SSSR count). The van der Waals surface area contributed by atoms with Gasteiger partial charge in [-0.05, 0) is 48.0 Å². The van der Waals surface area contributed by atoms with Crippen molar-refractivity contribution in [3.63, 3.8) is 0 Å². The molecular formula is C26H23N5O5. The van der Waals surface area contributed by atoms with Crippen LogP contribution in [-0.4, -0.2) is 40.1 Å². The molecule has 2 amide bonds. The topological polar surface area (TPSA) is 156 Å². The van der Waals surface area contributed by atoms with E-state index in [0.717, 1.165) is 0 Å². The van der Waals surface area contributed by atoms with Crippen LogP contribution in [0.4, 0.5) is 11.6 Å². The summed E-state index contributed by atoms with van der Waals surface area (Å²) in [6.45, 7) is 0. The van der Waals surface area contributed by atoms with Crippen LogP contribution in [0.2, 0.25) is 0 Å². The number of amides is 2. The lowest BCUT2D eigenvalue weighted by molar-refractivity contribution is -0.125. The molecule has 0 radical (unpaired) electrons. The predicted octanol–water partition coefficient (Wildman–Crippen LogP) is 3.37. The van der Waals surface area contributed by atoms with E-state index in [4.69, 9.17) is 14.9 Å². The summed E-state index contributed by atoms with van der Waals surface area (Å²) in [6.07, 6.45) is -1.61. The summed E-state index contributed by atoms with van der Waals surface area (Å²) in [5.41, 5.74) is 8.44. The van der Waals surface area contributed by atoms with Crippen molar-refractivity contribution in [3.05, 3.63) is 84.1 Å². The molecule has 2 unspecified atom stereocenters. The number of carbonyl (C=O) groups excluding carboxylic acids is 2. The van der Waals surface area contributed by atoms with Crippen LogP contribution in [0.3, 0.4) is 0 Å². The zero-order valence-electron chi connectivity index (χ0n) is 19.2. The Morgan fingerprint density at radius 2 is 1.89 bits per heavy atom. The third-order valence-electron chi connectivity index (χ3n) is 5.74. The molecule has 0 aliphatic carbocycles. The van der Waals surface area contributed by atoms with Crippen LogP contribution in [0.15, 0.2) is 77.2 Å². The first kappa shape index (κ1) is 22.9. The molecule has 10 heteroatoms. The van der Waals surface area contributed by atoms with E-state index >= 15 is 0 Å². The van der Waals surface area contributed by atoms with Crippen molar-refractivity contribution in [2.75, 3.05) is 18.2 Å². The number of nitrogens with zero attached hydrogens (tertiary/aromatic N) is 1. The number of aliphatic hydroxyl groups is 1. The summed E-state index contributed by atoms with van der Waals surface area (Å²) in [6, 6.07) is 19.4. The lowest BCUT2D eigenvalue weighted by Crippen LogP contribution is -2.42. The SMILES string of the molecule is COc1ccc2oc(C(=O)NC(c3ccccc3)C(O)C(=O)Nc3ccc4nc(N)[nH]c4c3)cc2c1. The minimum atomic E-state index is -1.61. The molecule has 2 atom stereocenters. The van der Waals surface area contributed by atoms with Crippen molar-refractivity contribution in [2.45, 2.75) is 12.1 Å². The Labute approximate surface area is 205 Å². The van der Waals surface area contributed by atoms with Crippen molar-refractivity contribution in [1.29, 1.82) is 0 Å². The highest BCUT2D eigenvalue weighted by molar-refractivity contribution is 5.99. The Bertz CT molecular complexity index is 1560. The Kier molecular flexibility index (Phi) is 6.01. The number of benzene rings is 3. The zero-order chi connectivity index (χ0) is 25.2. The van der Waals surface area contributed by atoms with E-state index < -0.39 is 24.0 Å². The number of anilines is 2. The van der Waals surface area contributed by atoms with E-state index in [1.165, 1.54) is 0 Å². The molecule has 2 aromatic heterocycles. The molecule has 182 valence electrons. The lowest BCUT2D eigenvalue weighted by atomic mass is 10.0. The molecule has 0 aliphatic rings. The van der Waals surface area contributed by atoms with Gasteiger partial charge in [0, 0.05) is 11.1 Å². The number of fused-ring (bicyclic) bond motifs is 2. The molecule has 0 aliphatic heterocycles. The fourth-order valence-electron chi connectivity index (χ4n) is 3.95. The summed E-state index contributed by atoms with van der Waals surface area (Å²) in [5.74, 6) is -0.371. The molecule has 0 saturated carbocycles. The minimum absolute atomic E-state index is 0.0362. The number of aromatic amines is 1. The first-order chi connectivity index (χ1) is 17.4. The van der Waals surface area contributed by atoms with Gasteiger partial charge in [-0.15, -0.1) is 0 Å². The monoisotopic (exact) mass is 485 g/mol. The van der Waals surface area contributed by atoms with Crippen LogP contribution in [0.25, 0.3) is 22.0 Å². The maximum atomic E-state index is 13.1. The number of furan rings is 1. The molecule has 6 N–H and O–H groups in total. The summed E-state index contributed by atoms with van der Waals surface area (Å²) in [5, 5.41) is 17.1. The minimum Gasteiger partial charge on any atom is -0.497 e. The quantitative estimate of drug-likeness (QED) is 0.237. The van der Waals surface area contributed by atoms with Crippen molar-refractivity contribution in [3.8, 4) is 5.75 Å². The Morgan fingerprint density at radius 1 is 1.08 bits per heavy atom. The van der Waals surface area contributed by atoms with Crippen LogP contribution in [-0.2, 0) is 4.79 Å². The summed E-state index contributed by atoms with van der Waals surface area (Å²) in [4.78, 5) is 33.1. The molecule has 0 fully saturated rings. The van der Waals surface area contributed by atoms with E-state index in [1.807, 2.05) is 0 Å². The van der Waals surface area contributed by atoms with Gasteiger partial charge >= 0.3 is 0 Å². The molecule has 3 aromatic carbocycles. The second-order valence-electron chi connectivity index (χ2n) is 8.16. The molecule has 0 bridgehead atoms. The normalized spacial score (nSPS) is 12.8. The highest BCUT2D eigenvalue weighted by Gasteiger charge is 2.30. The first-order valence-electron chi connectivity index (χ1n) is 11.1. The van der Waals surface area contributed by atoms with Gasteiger partial charge in [0.2, 0.25) is 0 Å². The number of rotatable bonds is 7. The maximum absolute atomic E-state index is 13.1. The molecule has 36 heavy (non-hydrogen) atoms. The van der Waals surface area contributed by atoms with Crippen LogP contribution >= 0.6 is 0 Å². The number of nitrogen functional groups attached to an aromatic ring is 1. The van der Waals surface area contributed by atoms with Crippen LogP contribution in [0.5, 0.6) is 5.75 Å². The fraction of sp³-hybridized carbons (Fsp3) is 0.115. The third kappa shape index (κ3) is 4.57. The number of ether oxygens (including phenoxy) is 1. The number of methoxy groups -OCH3 is 1. The molecular weight excluding hydrogens is 462 g/mol. The van der Waals surface area contributed by atoms with Crippen LogP contribution < -0.4 is 21.1 Å². The average Bonchev–Trinajstić information content (AvgIpc) is 3.49. The Morgan fingerprint density at radius 3 is 2.67 bits per heavy atom. The summed E-state index contributed by atoms with van der Waals surface area (Å²) >= 11 is 0. The molecule has 0 saturated heterocycles. The number of hydrogen-bond donors (Lipinski definition) is 5. The molecule has 10 nitrogen and oxygen atoms in total. The number of H-pyrrole nitrogens is 1. The van der Waals surface area contributed by atoms with E-state index in [2.05, 4.69) is 20.6 Å². The second-order valence-corrected chi connectivity index (χ2v) is 8.16. The van der Waals surface area contributed by atoms with Gasteiger partial charge in [-0.2, -0.15) is 0 Å². The average molecular weight is 486 g/mol. The lowest BCUT2D eigenvalue weighted by Gasteiger charge is -2.23. The van der Waals surface area contributed by atoms with E-state index in [9.17, 15) is 14.7 Å². The highest BCUT2D eigenvalue weighted by atomic mass is 16.5. The largest absolute Gasteiger partial charge is 0.497 e. The van der Waals surface area contributed by atoms with Crippen molar-refractivity contribution >= 4 is 45.5 Å². The summed E-state index contributed by atoms with van der Waals surface area (Å²) < 4.78 is 10.9. The van der Waals surface area contributed by atoms with Crippen molar-refractivity contribution < 1.29 is 23.8 Å².